The van der Waals surface area contributed by atoms with E-state index in [9.17, 15) is 33.9 Å². The molecule has 0 aliphatic rings. The van der Waals surface area contributed by atoms with E-state index in [-0.39, 0.29) is 25.7 Å². The predicted octanol–water partition coefficient (Wildman–Crippen LogP) is -1.51. The van der Waals surface area contributed by atoms with Gasteiger partial charge < -0.3 is 37.6 Å². The van der Waals surface area contributed by atoms with Crippen molar-refractivity contribution in [3.05, 3.63) is 0 Å². The molecule has 0 aliphatic heterocycles. The molecular formula is C20H35N5O8S2. The molecule has 15 heteroatoms. The number of hydrogen-bond acceptors (Lipinski definition) is 9. The normalized spacial score (nSPS) is 14.1. The van der Waals surface area contributed by atoms with E-state index in [2.05, 4.69) is 16.0 Å². The Hall–Kier alpha value is -2.52. The third-order valence-corrected chi connectivity index (χ3v) is 6.08. The highest BCUT2D eigenvalue weighted by atomic mass is 32.2. The smallest absolute Gasteiger partial charge is 0.326 e. The number of primary amides is 1. The Kier molecular flexibility index (Phi) is 16.6. The van der Waals surface area contributed by atoms with E-state index >= 15 is 0 Å². The summed E-state index contributed by atoms with van der Waals surface area (Å²) in [7, 11) is 0. The van der Waals surface area contributed by atoms with Crippen LogP contribution < -0.4 is 27.4 Å². The molecule has 0 aromatic heterocycles. The summed E-state index contributed by atoms with van der Waals surface area (Å²) in [6.45, 7) is 0. The van der Waals surface area contributed by atoms with Crippen LogP contribution in [-0.2, 0) is 28.8 Å². The van der Waals surface area contributed by atoms with Gasteiger partial charge in [-0.3, -0.25) is 24.0 Å². The number of carbonyl (C=O) groups is 6. The summed E-state index contributed by atoms with van der Waals surface area (Å²) >= 11 is 2.86. The van der Waals surface area contributed by atoms with Crippen LogP contribution >= 0.6 is 23.5 Å². The van der Waals surface area contributed by atoms with Gasteiger partial charge in [0.25, 0.3) is 0 Å². The van der Waals surface area contributed by atoms with Gasteiger partial charge in [-0.05, 0) is 49.7 Å². The second-order valence-corrected chi connectivity index (χ2v) is 9.60. The number of carboxylic acids is 2. The van der Waals surface area contributed by atoms with Gasteiger partial charge in [-0.15, -0.1) is 0 Å². The van der Waals surface area contributed by atoms with Crippen LogP contribution in [-0.4, -0.2) is 94.0 Å². The van der Waals surface area contributed by atoms with Gasteiger partial charge in [0.05, 0.1) is 6.04 Å². The number of hydrogen-bond donors (Lipinski definition) is 7. The maximum absolute atomic E-state index is 12.9. The first kappa shape index (κ1) is 32.5. The Morgan fingerprint density at radius 3 is 1.63 bits per heavy atom. The number of carboxylic acid groups (broad SMARTS) is 2. The second kappa shape index (κ2) is 17.8. The first-order chi connectivity index (χ1) is 16.4. The quantitative estimate of drug-likeness (QED) is 0.100. The van der Waals surface area contributed by atoms with E-state index in [1.54, 1.807) is 6.26 Å². The maximum Gasteiger partial charge on any atom is 0.326 e. The average Bonchev–Trinajstić information content (AvgIpc) is 2.79. The van der Waals surface area contributed by atoms with Crippen LogP contribution in [0, 0.1) is 0 Å². The summed E-state index contributed by atoms with van der Waals surface area (Å²) in [5.74, 6) is -4.57. The summed E-state index contributed by atoms with van der Waals surface area (Å²) in [5, 5.41) is 25.5. The molecule has 200 valence electrons. The van der Waals surface area contributed by atoms with Gasteiger partial charge in [0.1, 0.15) is 18.1 Å². The van der Waals surface area contributed by atoms with Gasteiger partial charge >= 0.3 is 11.9 Å². The summed E-state index contributed by atoms with van der Waals surface area (Å²) in [4.78, 5) is 71.8. The van der Waals surface area contributed by atoms with Gasteiger partial charge in [-0.1, -0.05) is 0 Å². The average molecular weight is 538 g/mol. The minimum atomic E-state index is -1.40. The summed E-state index contributed by atoms with van der Waals surface area (Å²) in [6.07, 6.45) is 2.82. The number of nitrogens with two attached hydrogens (primary N) is 2. The molecule has 0 heterocycles. The predicted molar refractivity (Wildman–Crippen MR) is 133 cm³/mol. The molecule has 0 radical (unpaired) electrons. The Labute approximate surface area is 212 Å². The van der Waals surface area contributed by atoms with Crippen molar-refractivity contribution >= 4 is 59.1 Å². The lowest BCUT2D eigenvalue weighted by Gasteiger charge is -2.25. The Bertz CT molecular complexity index is 755. The van der Waals surface area contributed by atoms with E-state index in [0.717, 1.165) is 0 Å². The lowest BCUT2D eigenvalue weighted by molar-refractivity contribution is -0.143. The van der Waals surface area contributed by atoms with Crippen molar-refractivity contribution in [1.29, 1.82) is 0 Å². The summed E-state index contributed by atoms with van der Waals surface area (Å²) in [5.41, 5.74) is 11.0. The zero-order chi connectivity index (χ0) is 27.0. The van der Waals surface area contributed by atoms with E-state index in [1.807, 2.05) is 6.26 Å². The van der Waals surface area contributed by atoms with Crippen LogP contribution in [0.2, 0.25) is 0 Å². The van der Waals surface area contributed by atoms with Crippen molar-refractivity contribution in [2.45, 2.75) is 62.7 Å². The fourth-order valence-corrected chi connectivity index (χ4v) is 3.75. The van der Waals surface area contributed by atoms with Crippen LogP contribution in [0.4, 0.5) is 0 Å². The van der Waals surface area contributed by atoms with E-state index in [4.69, 9.17) is 16.6 Å². The molecule has 9 N–H and O–H groups in total. The highest BCUT2D eigenvalue weighted by molar-refractivity contribution is 7.98. The molecule has 0 rings (SSSR count). The van der Waals surface area contributed by atoms with Crippen LogP contribution in [0.3, 0.4) is 0 Å². The van der Waals surface area contributed by atoms with Crippen molar-refractivity contribution in [3.8, 4) is 0 Å². The molecule has 4 amide bonds. The monoisotopic (exact) mass is 537 g/mol. The SMILES string of the molecule is CSCCC(N)C(=O)NC(CCC(N)=O)C(=O)NC(CCC(=O)O)C(=O)NC(CCSC)C(=O)O. The van der Waals surface area contributed by atoms with Crippen molar-refractivity contribution in [3.63, 3.8) is 0 Å². The van der Waals surface area contributed by atoms with Gasteiger partial charge in [0.2, 0.25) is 23.6 Å². The molecule has 0 aromatic rings. The van der Waals surface area contributed by atoms with Crippen molar-refractivity contribution < 1.29 is 39.0 Å². The molecule has 0 saturated heterocycles. The summed E-state index contributed by atoms with van der Waals surface area (Å²) in [6, 6.07) is -4.82. The van der Waals surface area contributed by atoms with Gasteiger partial charge in [0.15, 0.2) is 0 Å². The number of rotatable bonds is 19. The topological polar surface area (TPSA) is 231 Å². The Morgan fingerprint density at radius 1 is 0.714 bits per heavy atom. The lowest BCUT2D eigenvalue weighted by atomic mass is 10.1. The molecule has 0 spiro atoms. The number of carbonyl (C=O) groups excluding carboxylic acids is 4. The van der Waals surface area contributed by atoms with E-state index in [0.29, 0.717) is 17.9 Å². The number of amides is 4. The molecule has 35 heavy (non-hydrogen) atoms. The van der Waals surface area contributed by atoms with E-state index < -0.39 is 66.2 Å². The minimum Gasteiger partial charge on any atom is -0.481 e. The van der Waals surface area contributed by atoms with Gasteiger partial charge in [0, 0.05) is 12.8 Å². The minimum absolute atomic E-state index is 0.118. The summed E-state index contributed by atoms with van der Waals surface area (Å²) < 4.78 is 0. The van der Waals surface area contributed by atoms with Crippen molar-refractivity contribution in [2.24, 2.45) is 11.5 Å². The molecule has 4 unspecified atom stereocenters. The molecular weight excluding hydrogens is 502 g/mol. The molecule has 4 atom stereocenters. The molecule has 0 aliphatic carbocycles. The third-order valence-electron chi connectivity index (χ3n) is 4.79. The fraction of sp³-hybridized carbons (Fsp3) is 0.700. The number of aliphatic carboxylic acids is 2. The highest BCUT2D eigenvalue weighted by Gasteiger charge is 2.30. The number of nitrogens with one attached hydrogen (secondary N) is 3. The third kappa shape index (κ3) is 14.5. The van der Waals surface area contributed by atoms with E-state index in [1.165, 1.54) is 23.5 Å². The molecule has 13 nitrogen and oxygen atoms in total. The van der Waals surface area contributed by atoms with Crippen LogP contribution in [0.15, 0.2) is 0 Å². The molecule has 0 fully saturated rings. The van der Waals surface area contributed by atoms with Gasteiger partial charge in [-0.2, -0.15) is 23.5 Å². The van der Waals surface area contributed by atoms with Crippen molar-refractivity contribution in [2.75, 3.05) is 24.0 Å². The first-order valence-corrected chi connectivity index (χ1v) is 13.6. The highest BCUT2D eigenvalue weighted by Crippen LogP contribution is 2.07. The van der Waals surface area contributed by atoms with Crippen LogP contribution in [0.5, 0.6) is 0 Å². The first-order valence-electron chi connectivity index (χ1n) is 10.8. The number of thioether (sulfide) groups is 2. The largest absolute Gasteiger partial charge is 0.481 e. The molecule has 0 saturated carbocycles. The standard InChI is InChI=1S/C20H35N5O8S2/c1-34-9-7-11(21)17(29)23-12(3-5-15(22)26)18(30)24-13(4-6-16(27)28)19(31)25-14(20(32)33)8-10-35-2/h11-14H,3-10,21H2,1-2H3,(H2,22,26)(H,23,29)(H,24,30)(H,25,31)(H,27,28)(H,32,33). The fourth-order valence-electron chi connectivity index (χ4n) is 2.78. The van der Waals surface area contributed by atoms with Crippen LogP contribution in [0.1, 0.15) is 38.5 Å². The Balaban J connectivity index is 5.56. The molecule has 0 bridgehead atoms. The zero-order valence-electron chi connectivity index (χ0n) is 19.8. The lowest BCUT2D eigenvalue weighted by Crippen LogP contribution is -2.57. The second-order valence-electron chi connectivity index (χ2n) is 7.63. The Morgan fingerprint density at radius 2 is 1.17 bits per heavy atom. The van der Waals surface area contributed by atoms with Crippen molar-refractivity contribution in [1.82, 2.24) is 16.0 Å². The van der Waals surface area contributed by atoms with Crippen LogP contribution in [0.25, 0.3) is 0 Å². The molecule has 0 aromatic carbocycles. The maximum atomic E-state index is 12.9. The van der Waals surface area contributed by atoms with Gasteiger partial charge in [-0.25, -0.2) is 4.79 Å². The zero-order valence-corrected chi connectivity index (χ0v) is 21.4.